The third kappa shape index (κ3) is 3.39. The van der Waals surface area contributed by atoms with Gasteiger partial charge in [0.05, 0.1) is 33.6 Å². The van der Waals surface area contributed by atoms with E-state index in [1.807, 2.05) is 29.7 Å². The Kier molecular flexibility index (Phi) is 5.01. The Balaban J connectivity index is 1.87. The van der Waals surface area contributed by atoms with Crippen molar-refractivity contribution in [2.75, 3.05) is 19.7 Å². The van der Waals surface area contributed by atoms with Gasteiger partial charge in [-0.1, -0.05) is 11.6 Å². The van der Waals surface area contributed by atoms with Crippen LogP contribution < -0.4 is 5.32 Å². The molecule has 1 atom stereocenters. The summed E-state index contributed by atoms with van der Waals surface area (Å²) >= 11 is 9.60. The van der Waals surface area contributed by atoms with Crippen LogP contribution in [-0.2, 0) is 11.2 Å². The molecule has 1 aliphatic rings. The van der Waals surface area contributed by atoms with E-state index < -0.39 is 0 Å². The second-order valence-electron chi connectivity index (χ2n) is 6.49. The van der Waals surface area contributed by atoms with Gasteiger partial charge in [0.2, 0.25) is 0 Å². The van der Waals surface area contributed by atoms with Crippen LogP contribution in [-0.4, -0.2) is 35.2 Å². The SMILES string of the molecule is Cc1ccn2c(CC3CNCCO3)c(-c3cc(F)c(Br)cc3Cl)nc2c1. The standard InChI is InChI=1S/C19H18BrClFN3O/c1-11-2-4-25-17(7-12-10-23-3-5-26-12)19(24-18(25)6-11)13-8-16(22)14(20)9-15(13)21/h2,4,6,8-9,12,23H,3,5,7,10H2,1H3. The summed E-state index contributed by atoms with van der Waals surface area (Å²) in [5.74, 6) is -0.362. The number of halogens is 3. The lowest BCUT2D eigenvalue weighted by Gasteiger charge is -2.24. The summed E-state index contributed by atoms with van der Waals surface area (Å²) in [4.78, 5) is 4.76. The first kappa shape index (κ1) is 17.9. The number of imidazole rings is 1. The number of rotatable bonds is 3. The fourth-order valence-corrected chi connectivity index (χ4v) is 4.01. The molecule has 0 bridgehead atoms. The van der Waals surface area contributed by atoms with E-state index in [9.17, 15) is 4.39 Å². The van der Waals surface area contributed by atoms with E-state index in [0.717, 1.165) is 30.0 Å². The minimum Gasteiger partial charge on any atom is -0.375 e. The summed E-state index contributed by atoms with van der Waals surface area (Å²) < 4.78 is 22.4. The molecule has 1 N–H and O–H groups in total. The second kappa shape index (κ2) is 7.27. The summed E-state index contributed by atoms with van der Waals surface area (Å²) in [5, 5.41) is 3.81. The molecule has 3 heterocycles. The number of hydrogen-bond acceptors (Lipinski definition) is 3. The van der Waals surface area contributed by atoms with E-state index in [4.69, 9.17) is 21.3 Å². The van der Waals surface area contributed by atoms with Gasteiger partial charge in [-0.3, -0.25) is 0 Å². The molecular formula is C19H18BrClFN3O. The smallest absolute Gasteiger partial charge is 0.138 e. The molecule has 1 unspecified atom stereocenters. The zero-order valence-electron chi connectivity index (χ0n) is 14.2. The Morgan fingerprint density at radius 1 is 1.42 bits per heavy atom. The zero-order valence-corrected chi connectivity index (χ0v) is 16.6. The quantitative estimate of drug-likeness (QED) is 0.616. The molecule has 0 spiro atoms. The molecule has 2 aromatic heterocycles. The van der Waals surface area contributed by atoms with Crippen LogP contribution in [0.4, 0.5) is 4.39 Å². The lowest BCUT2D eigenvalue weighted by molar-refractivity contribution is 0.0286. The third-order valence-corrected chi connectivity index (χ3v) is 5.49. The van der Waals surface area contributed by atoms with Gasteiger partial charge in [0.25, 0.3) is 0 Å². The number of hydrogen-bond donors (Lipinski definition) is 1. The largest absolute Gasteiger partial charge is 0.375 e. The van der Waals surface area contributed by atoms with Crippen molar-refractivity contribution in [1.29, 1.82) is 0 Å². The van der Waals surface area contributed by atoms with Gasteiger partial charge in [0.1, 0.15) is 11.5 Å². The molecule has 4 rings (SSSR count). The molecule has 0 saturated carbocycles. The van der Waals surface area contributed by atoms with Crippen LogP contribution in [0.2, 0.25) is 5.02 Å². The molecule has 1 aliphatic heterocycles. The van der Waals surface area contributed by atoms with Crippen molar-refractivity contribution in [3.05, 3.63) is 57.0 Å². The Morgan fingerprint density at radius 3 is 3.04 bits per heavy atom. The average Bonchev–Trinajstić information content (AvgIpc) is 2.96. The monoisotopic (exact) mass is 437 g/mol. The lowest BCUT2D eigenvalue weighted by Crippen LogP contribution is -2.39. The van der Waals surface area contributed by atoms with Gasteiger partial charge in [-0.15, -0.1) is 0 Å². The van der Waals surface area contributed by atoms with Crippen molar-refractivity contribution in [3.63, 3.8) is 0 Å². The van der Waals surface area contributed by atoms with Crippen LogP contribution in [0.5, 0.6) is 0 Å². The molecule has 26 heavy (non-hydrogen) atoms. The van der Waals surface area contributed by atoms with Crippen LogP contribution in [0, 0.1) is 12.7 Å². The molecule has 3 aromatic rings. The van der Waals surface area contributed by atoms with Gasteiger partial charge in [-0.2, -0.15) is 0 Å². The van der Waals surface area contributed by atoms with Crippen molar-refractivity contribution in [3.8, 4) is 11.3 Å². The minimum atomic E-state index is -0.362. The first-order chi connectivity index (χ1) is 12.5. The zero-order chi connectivity index (χ0) is 18.3. The Bertz CT molecular complexity index is 969. The predicted octanol–water partition coefficient (Wildman–Crippen LogP) is 4.40. The molecule has 0 amide bonds. The number of aryl methyl sites for hydroxylation is 1. The van der Waals surface area contributed by atoms with E-state index in [1.54, 1.807) is 6.07 Å². The van der Waals surface area contributed by atoms with Gasteiger partial charge in [0, 0.05) is 31.3 Å². The van der Waals surface area contributed by atoms with E-state index in [2.05, 4.69) is 21.2 Å². The summed E-state index contributed by atoms with van der Waals surface area (Å²) in [6.45, 7) is 4.35. The molecule has 0 aliphatic carbocycles. The highest BCUT2D eigenvalue weighted by molar-refractivity contribution is 9.10. The van der Waals surface area contributed by atoms with Crippen molar-refractivity contribution in [2.24, 2.45) is 0 Å². The molecule has 1 saturated heterocycles. The van der Waals surface area contributed by atoms with Gasteiger partial charge in [-0.05, 0) is 52.7 Å². The maximum atomic E-state index is 14.2. The van der Waals surface area contributed by atoms with Crippen LogP contribution in [0.3, 0.4) is 0 Å². The van der Waals surface area contributed by atoms with Crippen molar-refractivity contribution in [2.45, 2.75) is 19.4 Å². The van der Waals surface area contributed by atoms with Crippen molar-refractivity contribution < 1.29 is 9.13 Å². The van der Waals surface area contributed by atoms with Crippen LogP contribution >= 0.6 is 27.5 Å². The molecule has 136 valence electrons. The maximum Gasteiger partial charge on any atom is 0.138 e. The van der Waals surface area contributed by atoms with Crippen molar-refractivity contribution >= 4 is 33.2 Å². The molecule has 7 heteroatoms. The first-order valence-corrected chi connectivity index (χ1v) is 9.65. The van der Waals surface area contributed by atoms with Crippen LogP contribution in [0.25, 0.3) is 16.9 Å². The first-order valence-electron chi connectivity index (χ1n) is 8.48. The summed E-state index contributed by atoms with van der Waals surface area (Å²) in [5.41, 5.74) is 4.19. The van der Waals surface area contributed by atoms with Crippen molar-refractivity contribution in [1.82, 2.24) is 14.7 Å². The van der Waals surface area contributed by atoms with Crippen LogP contribution in [0.15, 0.2) is 34.9 Å². The molecule has 1 aromatic carbocycles. The Morgan fingerprint density at radius 2 is 2.27 bits per heavy atom. The normalized spacial score (nSPS) is 17.8. The van der Waals surface area contributed by atoms with E-state index in [-0.39, 0.29) is 11.9 Å². The number of nitrogens with one attached hydrogen (secondary N) is 1. The molecule has 4 nitrogen and oxygen atoms in total. The third-order valence-electron chi connectivity index (χ3n) is 4.57. The lowest BCUT2D eigenvalue weighted by atomic mass is 10.1. The number of morpholine rings is 1. The van der Waals surface area contributed by atoms with Gasteiger partial charge in [0.15, 0.2) is 0 Å². The van der Waals surface area contributed by atoms with Gasteiger partial charge in [-0.25, -0.2) is 9.37 Å². The second-order valence-corrected chi connectivity index (χ2v) is 7.75. The number of ether oxygens (including phenoxy) is 1. The number of aromatic nitrogens is 2. The van der Waals surface area contributed by atoms with Crippen LogP contribution in [0.1, 0.15) is 11.3 Å². The van der Waals surface area contributed by atoms with Gasteiger partial charge >= 0.3 is 0 Å². The maximum absolute atomic E-state index is 14.2. The summed E-state index contributed by atoms with van der Waals surface area (Å²) in [6, 6.07) is 7.05. The fourth-order valence-electron chi connectivity index (χ4n) is 3.28. The fraction of sp³-hybridized carbons (Fsp3) is 0.316. The van der Waals surface area contributed by atoms with E-state index >= 15 is 0 Å². The number of benzene rings is 1. The van der Waals surface area contributed by atoms with E-state index in [0.29, 0.717) is 33.8 Å². The number of pyridine rings is 1. The predicted molar refractivity (Wildman–Crippen MR) is 104 cm³/mol. The number of fused-ring (bicyclic) bond motifs is 1. The Hall–Kier alpha value is -1.47. The summed E-state index contributed by atoms with van der Waals surface area (Å²) in [7, 11) is 0. The highest BCUT2D eigenvalue weighted by Gasteiger charge is 2.23. The van der Waals surface area contributed by atoms with E-state index in [1.165, 1.54) is 6.07 Å². The topological polar surface area (TPSA) is 38.6 Å². The Labute approximate surface area is 164 Å². The van der Waals surface area contributed by atoms with Gasteiger partial charge < -0.3 is 14.5 Å². The average molecular weight is 439 g/mol. The molecule has 1 fully saturated rings. The highest BCUT2D eigenvalue weighted by atomic mass is 79.9. The molecule has 0 radical (unpaired) electrons. The minimum absolute atomic E-state index is 0.0442. The number of nitrogens with zero attached hydrogens (tertiary/aromatic N) is 2. The highest BCUT2D eigenvalue weighted by Crippen LogP contribution is 2.35. The summed E-state index contributed by atoms with van der Waals surface area (Å²) in [6.07, 6.45) is 2.71. The molecular weight excluding hydrogens is 421 g/mol.